The number of carbonyl (C=O) groups excluding carboxylic acids is 2. The number of nitrogens with one attached hydrogen (secondary N) is 3. The number of amides is 2. The van der Waals surface area contributed by atoms with Gasteiger partial charge >= 0.3 is 0 Å². The molecule has 5 nitrogen and oxygen atoms in total. The van der Waals surface area contributed by atoms with Gasteiger partial charge < -0.3 is 16.0 Å². The maximum Gasteiger partial charge on any atom is 0.239 e. The SMILES string of the molecule is Cl.O=C(CNC(=O)C1CNC1)NCCc1ccccc1. The lowest BCUT2D eigenvalue weighted by Crippen LogP contribution is -2.52. The molecular formula is C14H20ClN3O2. The lowest BCUT2D eigenvalue weighted by atomic mass is 10.0. The van der Waals surface area contributed by atoms with E-state index in [1.807, 2.05) is 30.3 Å². The van der Waals surface area contributed by atoms with Crippen molar-refractivity contribution in [3.63, 3.8) is 0 Å². The third kappa shape index (κ3) is 5.19. The Balaban J connectivity index is 0.00000200. The van der Waals surface area contributed by atoms with Gasteiger partial charge in [-0.3, -0.25) is 9.59 Å². The van der Waals surface area contributed by atoms with Gasteiger partial charge in [0, 0.05) is 19.6 Å². The van der Waals surface area contributed by atoms with E-state index < -0.39 is 0 Å². The second-order valence-electron chi connectivity index (χ2n) is 4.66. The molecule has 2 amide bonds. The van der Waals surface area contributed by atoms with Crippen molar-refractivity contribution in [3.05, 3.63) is 35.9 Å². The molecule has 1 aliphatic heterocycles. The molecular weight excluding hydrogens is 278 g/mol. The molecule has 6 heteroatoms. The minimum absolute atomic E-state index is 0. The van der Waals surface area contributed by atoms with Gasteiger partial charge in [-0.25, -0.2) is 0 Å². The molecule has 1 fully saturated rings. The molecule has 0 saturated carbocycles. The summed E-state index contributed by atoms with van der Waals surface area (Å²) < 4.78 is 0. The quantitative estimate of drug-likeness (QED) is 0.698. The van der Waals surface area contributed by atoms with Crippen molar-refractivity contribution in [3.8, 4) is 0 Å². The number of hydrogen-bond acceptors (Lipinski definition) is 3. The fourth-order valence-electron chi connectivity index (χ4n) is 1.84. The van der Waals surface area contributed by atoms with E-state index in [9.17, 15) is 9.59 Å². The van der Waals surface area contributed by atoms with E-state index in [4.69, 9.17) is 0 Å². The summed E-state index contributed by atoms with van der Waals surface area (Å²) in [5.74, 6) is -0.161. The van der Waals surface area contributed by atoms with Crippen LogP contribution in [0.25, 0.3) is 0 Å². The summed E-state index contributed by atoms with van der Waals surface area (Å²) in [6.45, 7) is 2.07. The largest absolute Gasteiger partial charge is 0.354 e. The molecule has 1 aromatic carbocycles. The summed E-state index contributed by atoms with van der Waals surface area (Å²) in [6, 6.07) is 9.97. The summed E-state index contributed by atoms with van der Waals surface area (Å²) in [5.41, 5.74) is 1.19. The fraction of sp³-hybridized carbons (Fsp3) is 0.429. The van der Waals surface area contributed by atoms with Gasteiger partial charge in [0.2, 0.25) is 11.8 Å². The summed E-state index contributed by atoms with van der Waals surface area (Å²) >= 11 is 0. The number of carbonyl (C=O) groups is 2. The molecule has 0 unspecified atom stereocenters. The van der Waals surface area contributed by atoms with Crippen molar-refractivity contribution < 1.29 is 9.59 Å². The Labute approximate surface area is 124 Å². The third-order valence-corrected chi connectivity index (χ3v) is 3.15. The van der Waals surface area contributed by atoms with E-state index in [2.05, 4.69) is 16.0 Å². The molecule has 20 heavy (non-hydrogen) atoms. The smallest absolute Gasteiger partial charge is 0.239 e. The molecule has 0 aliphatic carbocycles. The van der Waals surface area contributed by atoms with Crippen LogP contribution in [-0.2, 0) is 16.0 Å². The van der Waals surface area contributed by atoms with Crippen LogP contribution in [0, 0.1) is 5.92 Å². The number of hydrogen-bond donors (Lipinski definition) is 3. The van der Waals surface area contributed by atoms with Crippen LogP contribution < -0.4 is 16.0 Å². The van der Waals surface area contributed by atoms with Gasteiger partial charge in [0.15, 0.2) is 0 Å². The Kier molecular flexibility index (Phi) is 7.04. The predicted octanol–water partition coefficient (Wildman–Crippen LogP) is 0.103. The highest BCUT2D eigenvalue weighted by molar-refractivity contribution is 5.86. The van der Waals surface area contributed by atoms with Crippen molar-refractivity contribution in [2.75, 3.05) is 26.2 Å². The molecule has 0 aromatic heterocycles. The van der Waals surface area contributed by atoms with Gasteiger partial charge in [0.05, 0.1) is 12.5 Å². The first-order valence-electron chi connectivity index (χ1n) is 6.55. The van der Waals surface area contributed by atoms with Gasteiger partial charge in [0.1, 0.15) is 0 Å². The predicted molar refractivity (Wildman–Crippen MR) is 79.8 cm³/mol. The first kappa shape index (κ1) is 16.5. The monoisotopic (exact) mass is 297 g/mol. The van der Waals surface area contributed by atoms with E-state index >= 15 is 0 Å². The van der Waals surface area contributed by atoms with Crippen molar-refractivity contribution in [2.45, 2.75) is 6.42 Å². The summed E-state index contributed by atoms with van der Waals surface area (Å²) in [5, 5.41) is 8.46. The van der Waals surface area contributed by atoms with Gasteiger partial charge in [-0.2, -0.15) is 0 Å². The van der Waals surface area contributed by atoms with Crippen molar-refractivity contribution in [1.82, 2.24) is 16.0 Å². The molecule has 0 bridgehead atoms. The molecule has 0 radical (unpaired) electrons. The van der Waals surface area contributed by atoms with E-state index in [0.29, 0.717) is 19.6 Å². The Hall–Kier alpha value is -1.59. The maximum absolute atomic E-state index is 11.5. The van der Waals surface area contributed by atoms with Crippen LogP contribution in [0.1, 0.15) is 5.56 Å². The van der Waals surface area contributed by atoms with Crippen LogP contribution in [0.5, 0.6) is 0 Å². The lowest BCUT2D eigenvalue weighted by molar-refractivity contribution is -0.129. The lowest BCUT2D eigenvalue weighted by Gasteiger charge is -2.25. The van der Waals surface area contributed by atoms with Crippen molar-refractivity contribution >= 4 is 24.2 Å². The van der Waals surface area contributed by atoms with E-state index in [0.717, 1.165) is 6.42 Å². The molecule has 1 aromatic rings. The zero-order valence-electron chi connectivity index (χ0n) is 11.2. The van der Waals surface area contributed by atoms with Crippen LogP contribution in [0.15, 0.2) is 30.3 Å². The van der Waals surface area contributed by atoms with E-state index in [-0.39, 0.29) is 36.7 Å². The van der Waals surface area contributed by atoms with Crippen molar-refractivity contribution in [1.29, 1.82) is 0 Å². The topological polar surface area (TPSA) is 70.2 Å². The highest BCUT2D eigenvalue weighted by Crippen LogP contribution is 2.01. The van der Waals surface area contributed by atoms with Crippen molar-refractivity contribution in [2.24, 2.45) is 5.92 Å². The molecule has 110 valence electrons. The van der Waals surface area contributed by atoms with Crippen LogP contribution in [0.2, 0.25) is 0 Å². The van der Waals surface area contributed by atoms with Crippen LogP contribution in [0.4, 0.5) is 0 Å². The first-order chi connectivity index (χ1) is 9.25. The third-order valence-electron chi connectivity index (χ3n) is 3.15. The zero-order valence-corrected chi connectivity index (χ0v) is 12.0. The van der Waals surface area contributed by atoms with Gasteiger partial charge in [-0.15, -0.1) is 12.4 Å². The first-order valence-corrected chi connectivity index (χ1v) is 6.55. The van der Waals surface area contributed by atoms with E-state index in [1.165, 1.54) is 5.56 Å². The van der Waals surface area contributed by atoms with Gasteiger partial charge in [0.25, 0.3) is 0 Å². The average Bonchev–Trinajstić information content (AvgIpc) is 2.36. The normalized spacial score (nSPS) is 13.8. The van der Waals surface area contributed by atoms with Gasteiger partial charge in [-0.05, 0) is 12.0 Å². The van der Waals surface area contributed by atoms with Crippen LogP contribution in [0.3, 0.4) is 0 Å². The van der Waals surface area contributed by atoms with Crippen LogP contribution >= 0.6 is 12.4 Å². The molecule has 0 atom stereocenters. The highest BCUT2D eigenvalue weighted by Gasteiger charge is 2.24. The number of benzene rings is 1. The highest BCUT2D eigenvalue weighted by atomic mass is 35.5. The molecule has 3 N–H and O–H groups in total. The second-order valence-corrected chi connectivity index (χ2v) is 4.66. The number of rotatable bonds is 6. The van der Waals surface area contributed by atoms with Crippen LogP contribution in [-0.4, -0.2) is 38.0 Å². The minimum Gasteiger partial charge on any atom is -0.354 e. The Morgan fingerprint density at radius 1 is 1.15 bits per heavy atom. The average molecular weight is 298 g/mol. The zero-order chi connectivity index (χ0) is 13.5. The fourth-order valence-corrected chi connectivity index (χ4v) is 1.84. The molecule has 2 rings (SSSR count). The molecule has 1 heterocycles. The summed E-state index contributed by atoms with van der Waals surface area (Å²) in [7, 11) is 0. The molecule has 0 spiro atoms. The van der Waals surface area contributed by atoms with E-state index in [1.54, 1.807) is 0 Å². The second kappa shape index (κ2) is 8.55. The van der Waals surface area contributed by atoms with Gasteiger partial charge in [-0.1, -0.05) is 30.3 Å². The summed E-state index contributed by atoms with van der Waals surface area (Å²) in [4.78, 5) is 23.0. The standard InChI is InChI=1S/C14H19N3O2.ClH/c18-13(10-17-14(19)12-8-15-9-12)16-7-6-11-4-2-1-3-5-11;/h1-5,12,15H,6-10H2,(H,16,18)(H,17,19);1H. The maximum atomic E-state index is 11.5. The number of halogens is 1. The summed E-state index contributed by atoms with van der Waals surface area (Å²) in [6.07, 6.45) is 0.799. The molecule has 1 saturated heterocycles. The Morgan fingerprint density at radius 3 is 2.45 bits per heavy atom. The Morgan fingerprint density at radius 2 is 1.85 bits per heavy atom. The molecule has 1 aliphatic rings. The Bertz CT molecular complexity index is 435. The minimum atomic E-state index is -0.142.